The Morgan fingerprint density at radius 1 is 0.788 bits per heavy atom. The van der Waals surface area contributed by atoms with Crippen molar-refractivity contribution in [3.05, 3.63) is 114 Å². The van der Waals surface area contributed by atoms with E-state index in [-0.39, 0.29) is 11.0 Å². The number of benzene rings is 4. The van der Waals surface area contributed by atoms with E-state index >= 15 is 0 Å². The number of hydrogen-bond acceptors (Lipinski definition) is 3. The topological polar surface area (TPSA) is 24.5 Å². The molecule has 0 aromatic heterocycles. The van der Waals surface area contributed by atoms with Crippen LogP contribution in [0.2, 0.25) is 0 Å². The van der Waals surface area contributed by atoms with Gasteiger partial charge in [0, 0.05) is 12.0 Å². The molecule has 4 aromatic carbocycles. The average Bonchev–Trinajstić information content (AvgIpc) is 3.22. The number of hydrazine groups is 1. The third-order valence-electron chi connectivity index (χ3n) is 6.10. The lowest BCUT2D eigenvalue weighted by Gasteiger charge is -2.26. The van der Waals surface area contributed by atoms with Gasteiger partial charge in [-0.3, -0.25) is 5.01 Å². The molecule has 4 heteroatoms. The molecule has 2 unspecified atom stereocenters. The summed E-state index contributed by atoms with van der Waals surface area (Å²) in [5.74, 6) is 1.69. The first-order valence-corrected chi connectivity index (χ1v) is 12.2. The van der Waals surface area contributed by atoms with Crippen LogP contribution in [0.3, 0.4) is 0 Å². The van der Waals surface area contributed by atoms with Gasteiger partial charge in [0.15, 0.2) is 0 Å². The lowest BCUT2D eigenvalue weighted by Crippen LogP contribution is -2.35. The molecule has 33 heavy (non-hydrogen) atoms. The monoisotopic (exact) mass is 498 g/mol. The van der Waals surface area contributed by atoms with Crippen molar-refractivity contribution in [3.63, 3.8) is 0 Å². The van der Waals surface area contributed by atoms with E-state index in [4.69, 9.17) is 4.74 Å². The third-order valence-corrected chi connectivity index (χ3v) is 6.89. The summed E-state index contributed by atoms with van der Waals surface area (Å²) < 4.78 is 5.95. The van der Waals surface area contributed by atoms with Gasteiger partial charge in [0.2, 0.25) is 0 Å². The second kappa shape index (κ2) is 9.42. The number of hydrogen-bond donors (Lipinski definition) is 1. The van der Waals surface area contributed by atoms with Crippen LogP contribution in [-0.4, -0.2) is 4.95 Å². The zero-order valence-electron chi connectivity index (χ0n) is 18.8. The number of nitrogens with one attached hydrogen (secondary N) is 1. The van der Waals surface area contributed by atoms with Gasteiger partial charge in [-0.05, 0) is 60.9 Å². The average molecular weight is 499 g/mol. The minimum absolute atomic E-state index is 0.189. The summed E-state index contributed by atoms with van der Waals surface area (Å²) in [6, 6.07) is 33.7. The Bertz CT molecular complexity index is 1240. The van der Waals surface area contributed by atoms with Crippen molar-refractivity contribution in [1.29, 1.82) is 0 Å². The number of anilines is 1. The van der Waals surface area contributed by atoms with E-state index < -0.39 is 0 Å². The SMILES string of the molecule is Cc1ccc(-c2ccccc2N2NC(c3ccc(Oc4ccccc4)cc3)CC2Br)c(C)c1. The van der Waals surface area contributed by atoms with Gasteiger partial charge in [-0.15, -0.1) is 0 Å². The third kappa shape index (κ3) is 4.68. The van der Waals surface area contributed by atoms with Crippen LogP contribution >= 0.6 is 15.9 Å². The largest absolute Gasteiger partial charge is 0.457 e. The number of ether oxygens (including phenoxy) is 1. The van der Waals surface area contributed by atoms with E-state index in [0.717, 1.165) is 17.9 Å². The molecule has 2 atom stereocenters. The predicted octanol–water partition coefficient (Wildman–Crippen LogP) is 7.94. The van der Waals surface area contributed by atoms with Crippen LogP contribution in [0, 0.1) is 13.8 Å². The second-order valence-electron chi connectivity index (χ2n) is 8.54. The van der Waals surface area contributed by atoms with E-state index in [1.165, 1.54) is 33.5 Å². The molecule has 0 aliphatic carbocycles. The Kier molecular flexibility index (Phi) is 6.21. The van der Waals surface area contributed by atoms with Crippen molar-refractivity contribution >= 4 is 21.6 Å². The van der Waals surface area contributed by atoms with Crippen molar-refractivity contribution in [3.8, 4) is 22.6 Å². The number of halogens is 1. The number of rotatable bonds is 5. The Labute approximate surface area is 204 Å². The summed E-state index contributed by atoms with van der Waals surface area (Å²) in [6.07, 6.45) is 0.958. The predicted molar refractivity (Wildman–Crippen MR) is 140 cm³/mol. The van der Waals surface area contributed by atoms with Crippen molar-refractivity contribution < 1.29 is 4.74 Å². The highest BCUT2D eigenvalue weighted by Gasteiger charge is 2.32. The maximum atomic E-state index is 5.95. The normalized spacial score (nSPS) is 17.8. The van der Waals surface area contributed by atoms with Gasteiger partial charge < -0.3 is 4.74 Å². The molecule has 0 radical (unpaired) electrons. The van der Waals surface area contributed by atoms with Gasteiger partial charge >= 0.3 is 0 Å². The van der Waals surface area contributed by atoms with Crippen LogP contribution in [-0.2, 0) is 0 Å². The fourth-order valence-electron chi connectivity index (χ4n) is 4.45. The minimum Gasteiger partial charge on any atom is -0.457 e. The summed E-state index contributed by atoms with van der Waals surface area (Å²) >= 11 is 3.91. The number of nitrogens with zero attached hydrogens (tertiary/aromatic N) is 1. The Morgan fingerprint density at radius 3 is 2.24 bits per heavy atom. The molecule has 1 saturated heterocycles. The van der Waals surface area contributed by atoms with Crippen LogP contribution in [0.15, 0.2) is 97.1 Å². The van der Waals surface area contributed by atoms with Gasteiger partial charge in [-0.2, -0.15) is 0 Å². The maximum absolute atomic E-state index is 5.95. The fraction of sp³-hybridized carbons (Fsp3) is 0.172. The molecule has 1 fully saturated rings. The lowest BCUT2D eigenvalue weighted by atomic mass is 9.97. The zero-order valence-corrected chi connectivity index (χ0v) is 20.4. The molecule has 0 spiro atoms. The molecular formula is C29H27BrN2O. The van der Waals surface area contributed by atoms with E-state index in [9.17, 15) is 0 Å². The standard InChI is InChI=1S/C29H27BrN2O/c1-20-12-17-25(21(2)18-20)26-10-6-7-11-28(26)32-29(30)19-27(31-32)22-13-15-24(16-14-22)33-23-8-4-3-5-9-23/h3-18,27,29,31H,19H2,1-2H3. The summed E-state index contributed by atoms with van der Waals surface area (Å²) in [4.78, 5) is 0.189. The van der Waals surface area contributed by atoms with Crippen molar-refractivity contribution in [1.82, 2.24) is 5.43 Å². The summed E-state index contributed by atoms with van der Waals surface area (Å²) in [7, 11) is 0. The van der Waals surface area contributed by atoms with Crippen LogP contribution < -0.4 is 15.2 Å². The summed E-state index contributed by atoms with van der Waals surface area (Å²) in [6.45, 7) is 4.32. The molecule has 3 nitrogen and oxygen atoms in total. The molecule has 1 aliphatic rings. The van der Waals surface area contributed by atoms with E-state index in [1.54, 1.807) is 0 Å². The minimum atomic E-state index is 0.189. The van der Waals surface area contributed by atoms with E-state index in [2.05, 4.69) is 94.8 Å². The highest BCUT2D eigenvalue weighted by atomic mass is 79.9. The number of aryl methyl sites for hydroxylation is 2. The molecule has 0 bridgehead atoms. The van der Waals surface area contributed by atoms with Crippen molar-refractivity contribution in [2.45, 2.75) is 31.3 Å². The molecule has 1 N–H and O–H groups in total. The van der Waals surface area contributed by atoms with Crippen LogP contribution in [0.25, 0.3) is 11.1 Å². The first kappa shape index (κ1) is 21.7. The first-order valence-electron chi connectivity index (χ1n) is 11.3. The lowest BCUT2D eigenvalue weighted by molar-refractivity contribution is 0.482. The van der Waals surface area contributed by atoms with E-state index in [1.807, 2.05) is 42.5 Å². The van der Waals surface area contributed by atoms with Gasteiger partial charge in [-0.25, -0.2) is 5.43 Å². The molecule has 0 amide bonds. The Morgan fingerprint density at radius 2 is 1.48 bits per heavy atom. The zero-order chi connectivity index (χ0) is 22.8. The number of para-hydroxylation sites is 2. The molecule has 1 aliphatic heterocycles. The highest BCUT2D eigenvalue weighted by Crippen LogP contribution is 2.40. The van der Waals surface area contributed by atoms with Crippen LogP contribution in [0.5, 0.6) is 11.5 Å². The van der Waals surface area contributed by atoms with Crippen LogP contribution in [0.4, 0.5) is 5.69 Å². The van der Waals surface area contributed by atoms with Gasteiger partial charge in [0.05, 0.1) is 11.7 Å². The fourth-order valence-corrected chi connectivity index (χ4v) is 5.17. The molecule has 166 valence electrons. The first-order chi connectivity index (χ1) is 16.1. The molecule has 0 saturated carbocycles. The van der Waals surface area contributed by atoms with Crippen molar-refractivity contribution in [2.75, 3.05) is 5.01 Å². The molecule has 5 rings (SSSR count). The molecule has 1 heterocycles. The highest BCUT2D eigenvalue weighted by molar-refractivity contribution is 9.09. The Hall–Kier alpha value is -3.08. The smallest absolute Gasteiger partial charge is 0.127 e. The summed E-state index contributed by atoms with van der Waals surface area (Å²) in [5.41, 5.74) is 11.2. The summed E-state index contributed by atoms with van der Waals surface area (Å²) in [5, 5.41) is 2.26. The second-order valence-corrected chi connectivity index (χ2v) is 9.60. The van der Waals surface area contributed by atoms with Crippen molar-refractivity contribution in [2.24, 2.45) is 0 Å². The van der Waals surface area contributed by atoms with Gasteiger partial charge in [0.25, 0.3) is 0 Å². The maximum Gasteiger partial charge on any atom is 0.127 e. The number of alkyl halides is 1. The quantitative estimate of drug-likeness (QED) is 0.223. The van der Waals surface area contributed by atoms with Gasteiger partial charge in [0.1, 0.15) is 16.5 Å². The molecular weight excluding hydrogens is 472 g/mol. The van der Waals surface area contributed by atoms with Gasteiger partial charge in [-0.1, -0.05) is 88.2 Å². The Balaban J connectivity index is 1.37. The van der Waals surface area contributed by atoms with E-state index in [0.29, 0.717) is 0 Å². The molecule has 4 aromatic rings. The van der Waals surface area contributed by atoms with Crippen LogP contribution in [0.1, 0.15) is 29.2 Å².